The molecule has 3 rings (SSSR count). The summed E-state index contributed by atoms with van der Waals surface area (Å²) in [6.07, 6.45) is 4.64. The maximum atomic E-state index is 12.4. The maximum Gasteiger partial charge on any atom is 0.324 e. The van der Waals surface area contributed by atoms with E-state index in [1.165, 1.54) is 18.9 Å². The molecule has 0 spiro atoms. The zero-order chi connectivity index (χ0) is 15.5. The van der Waals surface area contributed by atoms with Crippen LogP contribution in [-0.4, -0.2) is 10.8 Å². The summed E-state index contributed by atoms with van der Waals surface area (Å²) in [4.78, 5) is 23.9. The Kier molecular flexibility index (Phi) is 4.54. The number of carbonyl (C=O) groups is 1. The molecule has 1 fully saturated rings. The zero-order valence-electron chi connectivity index (χ0n) is 11.9. The summed E-state index contributed by atoms with van der Waals surface area (Å²) in [5.41, 5.74) is 0.372. The number of nitro groups is 1. The third-order valence-corrected chi connectivity index (χ3v) is 5.87. The lowest BCUT2D eigenvalue weighted by Crippen LogP contribution is -2.32. The van der Waals surface area contributed by atoms with Crippen molar-refractivity contribution in [3.8, 4) is 0 Å². The molecule has 22 heavy (non-hydrogen) atoms. The van der Waals surface area contributed by atoms with Crippen molar-refractivity contribution >= 4 is 33.6 Å². The molecule has 2 heterocycles. The Balaban J connectivity index is 1.77. The van der Waals surface area contributed by atoms with Gasteiger partial charge in [0.1, 0.15) is 0 Å². The van der Waals surface area contributed by atoms with Crippen LogP contribution in [0.1, 0.15) is 47.0 Å². The molecule has 1 aliphatic rings. The molecule has 0 unspecified atom stereocenters. The van der Waals surface area contributed by atoms with Crippen molar-refractivity contribution in [3.05, 3.63) is 49.5 Å². The Labute approximate surface area is 136 Å². The van der Waals surface area contributed by atoms with Gasteiger partial charge >= 0.3 is 5.00 Å². The van der Waals surface area contributed by atoms with Crippen LogP contribution in [0.25, 0.3) is 0 Å². The lowest BCUT2D eigenvalue weighted by atomic mass is 9.96. The van der Waals surface area contributed by atoms with Crippen molar-refractivity contribution in [2.45, 2.75) is 31.7 Å². The fraction of sp³-hybridized carbons (Fsp3) is 0.400. The fourth-order valence-corrected chi connectivity index (χ4v) is 4.52. The molecule has 7 heteroatoms. The molecule has 116 valence electrons. The first kappa shape index (κ1) is 15.2. The number of nitrogens with zero attached hydrogens (tertiary/aromatic N) is 1. The summed E-state index contributed by atoms with van der Waals surface area (Å²) in [7, 11) is 0. The third kappa shape index (κ3) is 3.20. The minimum atomic E-state index is -0.463. The molecule has 2 aromatic rings. The van der Waals surface area contributed by atoms with Gasteiger partial charge in [0.15, 0.2) is 0 Å². The number of nitrogens with one attached hydrogen (secondary N) is 1. The topological polar surface area (TPSA) is 72.2 Å². The first-order chi connectivity index (χ1) is 10.6. The Morgan fingerprint density at radius 3 is 2.73 bits per heavy atom. The average molecular weight is 336 g/mol. The van der Waals surface area contributed by atoms with Gasteiger partial charge in [-0.1, -0.05) is 30.2 Å². The second-order valence-corrected chi connectivity index (χ2v) is 7.31. The molecule has 1 aliphatic carbocycles. The summed E-state index contributed by atoms with van der Waals surface area (Å²) in [5.74, 6) is 0.228. The lowest BCUT2D eigenvalue weighted by molar-refractivity contribution is -0.380. The summed E-state index contributed by atoms with van der Waals surface area (Å²) in [6, 6.07) is 5.39. The standard InChI is InChI=1S/C15H16N2O3S2/c18-15(11-8-13(17(19)20)22-9-11)16-14(10-4-1-2-5-10)12-6-3-7-21-12/h3,6-10,14H,1-2,4-5H2,(H,16,18)/t14-/m1/s1. The van der Waals surface area contributed by atoms with Crippen molar-refractivity contribution < 1.29 is 9.72 Å². The SMILES string of the molecule is O=C(N[C@@H](c1cccs1)C1CCCC1)c1csc([N+](=O)[O-])c1. The number of thiophene rings is 2. The molecule has 0 aromatic carbocycles. The van der Waals surface area contributed by atoms with Crippen LogP contribution < -0.4 is 5.32 Å². The van der Waals surface area contributed by atoms with Gasteiger partial charge in [0.05, 0.1) is 16.5 Å². The van der Waals surface area contributed by atoms with Gasteiger partial charge in [-0.25, -0.2) is 0 Å². The fourth-order valence-electron chi connectivity index (χ4n) is 2.94. The van der Waals surface area contributed by atoms with Gasteiger partial charge in [-0.3, -0.25) is 14.9 Å². The number of hydrogen-bond acceptors (Lipinski definition) is 5. The van der Waals surface area contributed by atoms with Gasteiger partial charge in [0.2, 0.25) is 0 Å². The van der Waals surface area contributed by atoms with Crippen LogP contribution in [0, 0.1) is 16.0 Å². The van der Waals surface area contributed by atoms with E-state index in [4.69, 9.17) is 0 Å². The molecule has 1 saturated carbocycles. The third-order valence-electron chi connectivity index (χ3n) is 4.04. The number of hydrogen-bond donors (Lipinski definition) is 1. The maximum absolute atomic E-state index is 12.4. The molecule has 2 aromatic heterocycles. The molecule has 0 bridgehead atoms. The van der Waals surface area contributed by atoms with E-state index in [1.807, 2.05) is 17.5 Å². The highest BCUT2D eigenvalue weighted by atomic mass is 32.1. The van der Waals surface area contributed by atoms with Gasteiger partial charge in [0.25, 0.3) is 5.91 Å². The second kappa shape index (κ2) is 6.58. The smallest absolute Gasteiger partial charge is 0.324 e. The summed E-state index contributed by atoms with van der Waals surface area (Å²) < 4.78 is 0. The van der Waals surface area contributed by atoms with Crippen LogP contribution in [0.15, 0.2) is 29.0 Å². The van der Waals surface area contributed by atoms with Crippen LogP contribution >= 0.6 is 22.7 Å². The van der Waals surface area contributed by atoms with E-state index in [1.54, 1.807) is 16.7 Å². The summed E-state index contributed by atoms with van der Waals surface area (Å²) in [5, 5.41) is 17.4. The number of carbonyl (C=O) groups excluding carboxylic acids is 1. The van der Waals surface area contributed by atoms with Crippen molar-refractivity contribution in [2.75, 3.05) is 0 Å². The molecular formula is C15H16N2O3S2. The summed E-state index contributed by atoms with van der Waals surface area (Å²) >= 11 is 2.63. The predicted molar refractivity (Wildman–Crippen MR) is 87.5 cm³/mol. The normalized spacial score (nSPS) is 16.5. The van der Waals surface area contributed by atoms with E-state index < -0.39 is 4.92 Å². The Morgan fingerprint density at radius 1 is 1.36 bits per heavy atom. The van der Waals surface area contributed by atoms with E-state index in [0.29, 0.717) is 11.5 Å². The lowest BCUT2D eigenvalue weighted by Gasteiger charge is -2.23. The van der Waals surface area contributed by atoms with Gasteiger partial charge in [-0.05, 0) is 30.2 Å². The van der Waals surface area contributed by atoms with Gasteiger partial charge in [0, 0.05) is 16.3 Å². The Bertz CT molecular complexity index is 660. The van der Waals surface area contributed by atoms with E-state index >= 15 is 0 Å². The highest BCUT2D eigenvalue weighted by Gasteiger charge is 2.29. The summed E-state index contributed by atoms with van der Waals surface area (Å²) in [6.45, 7) is 0. The van der Waals surface area contributed by atoms with Crippen LogP contribution in [0.2, 0.25) is 0 Å². The number of rotatable bonds is 5. The van der Waals surface area contributed by atoms with Crippen LogP contribution in [0.5, 0.6) is 0 Å². The second-order valence-electron chi connectivity index (χ2n) is 5.44. The van der Waals surface area contributed by atoms with E-state index in [9.17, 15) is 14.9 Å². The van der Waals surface area contributed by atoms with Gasteiger partial charge in [-0.15, -0.1) is 11.3 Å². The zero-order valence-corrected chi connectivity index (χ0v) is 13.5. The van der Waals surface area contributed by atoms with Crippen LogP contribution in [0.4, 0.5) is 5.00 Å². The van der Waals surface area contributed by atoms with Crippen LogP contribution in [-0.2, 0) is 0 Å². The predicted octanol–water partition coefficient (Wildman–Crippen LogP) is 4.38. The highest BCUT2D eigenvalue weighted by Crippen LogP contribution is 2.37. The molecule has 0 aliphatic heterocycles. The van der Waals surface area contributed by atoms with E-state index in [2.05, 4.69) is 5.32 Å². The van der Waals surface area contributed by atoms with Crippen molar-refractivity contribution in [1.29, 1.82) is 0 Å². The quantitative estimate of drug-likeness (QED) is 0.650. The largest absolute Gasteiger partial charge is 0.344 e. The van der Waals surface area contributed by atoms with Crippen molar-refractivity contribution in [3.63, 3.8) is 0 Å². The minimum Gasteiger partial charge on any atom is -0.344 e. The Morgan fingerprint density at radius 2 is 2.14 bits per heavy atom. The molecular weight excluding hydrogens is 320 g/mol. The van der Waals surface area contributed by atoms with Gasteiger partial charge < -0.3 is 5.32 Å². The molecule has 1 N–H and O–H groups in total. The molecule has 5 nitrogen and oxygen atoms in total. The molecule has 0 saturated heterocycles. The molecule has 1 atom stereocenters. The minimum absolute atomic E-state index is 0.00121. The van der Waals surface area contributed by atoms with Crippen molar-refractivity contribution in [2.24, 2.45) is 5.92 Å². The highest BCUT2D eigenvalue weighted by molar-refractivity contribution is 7.13. The Hall–Kier alpha value is -1.73. The number of amides is 1. The first-order valence-electron chi connectivity index (χ1n) is 7.22. The monoisotopic (exact) mass is 336 g/mol. The molecule has 1 amide bonds. The van der Waals surface area contributed by atoms with Crippen molar-refractivity contribution in [1.82, 2.24) is 5.32 Å². The van der Waals surface area contributed by atoms with Gasteiger partial charge in [-0.2, -0.15) is 0 Å². The van der Waals surface area contributed by atoms with E-state index in [0.717, 1.165) is 29.1 Å². The first-order valence-corrected chi connectivity index (χ1v) is 8.98. The van der Waals surface area contributed by atoms with Crippen LogP contribution in [0.3, 0.4) is 0 Å². The molecule has 0 radical (unpaired) electrons. The van der Waals surface area contributed by atoms with E-state index in [-0.39, 0.29) is 17.0 Å². The average Bonchev–Trinajstić information content (AvgIpc) is 3.26.